The van der Waals surface area contributed by atoms with Crippen LogP contribution in [0.25, 0.3) is 72.4 Å². The zero-order valence-electron chi connectivity index (χ0n) is 29.6. The molecule has 0 bridgehead atoms. The highest BCUT2D eigenvalue weighted by atomic mass is 15.0. The predicted molar refractivity (Wildman–Crippen MR) is 220 cm³/mol. The summed E-state index contributed by atoms with van der Waals surface area (Å²) >= 11 is 0. The van der Waals surface area contributed by atoms with Crippen LogP contribution in [0.3, 0.4) is 0 Å². The van der Waals surface area contributed by atoms with Gasteiger partial charge in [0.15, 0.2) is 0 Å². The van der Waals surface area contributed by atoms with Gasteiger partial charge in [0.05, 0.1) is 16.6 Å². The second-order valence-electron chi connectivity index (χ2n) is 13.2. The first-order valence-electron chi connectivity index (χ1n) is 18.0. The van der Waals surface area contributed by atoms with Crippen LogP contribution in [0.5, 0.6) is 0 Å². The molecule has 51 heavy (non-hydrogen) atoms. The predicted octanol–water partition coefficient (Wildman–Crippen LogP) is 13.5. The lowest BCUT2D eigenvalue weighted by molar-refractivity contribution is 0.974. The molecule has 1 aliphatic carbocycles. The number of para-hydroxylation sites is 3. The SMILES string of the molecule is C/C=C\C(=C/C)n1c2c(c3ccccc31)CCC=C2.Cc1cc(-c2ccccc2)cc(-c2ccc(-n3c4ccccc4c4ccccc43)cc2)c1. The van der Waals surface area contributed by atoms with Crippen LogP contribution in [0.15, 0.2) is 170 Å². The first-order valence-corrected chi connectivity index (χ1v) is 18.0. The topological polar surface area (TPSA) is 9.86 Å². The second-order valence-corrected chi connectivity index (χ2v) is 13.2. The minimum Gasteiger partial charge on any atom is -0.310 e. The van der Waals surface area contributed by atoms with E-state index in [0.717, 1.165) is 12.8 Å². The van der Waals surface area contributed by atoms with Gasteiger partial charge >= 0.3 is 0 Å². The first-order chi connectivity index (χ1) is 25.1. The van der Waals surface area contributed by atoms with E-state index in [0.29, 0.717) is 0 Å². The van der Waals surface area contributed by atoms with Crippen LogP contribution >= 0.6 is 0 Å². The molecule has 1 aliphatic rings. The maximum atomic E-state index is 2.38. The Balaban J connectivity index is 0.000000168. The van der Waals surface area contributed by atoms with Crippen molar-refractivity contribution < 1.29 is 0 Å². The van der Waals surface area contributed by atoms with Crippen LogP contribution < -0.4 is 0 Å². The number of allylic oxidation sites excluding steroid dienone is 5. The lowest BCUT2D eigenvalue weighted by Gasteiger charge is -2.12. The summed E-state index contributed by atoms with van der Waals surface area (Å²) in [5.41, 5.74) is 15.3. The van der Waals surface area contributed by atoms with Crippen molar-refractivity contribution in [1.29, 1.82) is 0 Å². The quantitative estimate of drug-likeness (QED) is 0.163. The average Bonchev–Trinajstić information content (AvgIpc) is 3.71. The highest BCUT2D eigenvalue weighted by Crippen LogP contribution is 2.35. The van der Waals surface area contributed by atoms with Gasteiger partial charge in [0.2, 0.25) is 0 Å². The highest BCUT2D eigenvalue weighted by Gasteiger charge is 2.18. The summed E-state index contributed by atoms with van der Waals surface area (Å²) in [6, 6.07) is 52.4. The van der Waals surface area contributed by atoms with Crippen LogP contribution in [0, 0.1) is 6.92 Å². The molecule has 0 fully saturated rings. The standard InChI is InChI=1S/C31H23N.C18H19N/c1-22-19-25(23-9-3-2-4-10-23)21-26(20-22)24-15-17-27(18-16-24)32-30-13-7-5-11-28(30)29-12-6-8-14-31(29)32;1-3-9-14(4-2)19-17-12-7-5-10-15(17)16-11-6-8-13-18(16)19/h2-21H,1H3;3-5,7-10,12-13H,6,11H2,1-2H3/b;9-3-,14-4+. The fraction of sp³-hybridized carbons (Fsp3) is 0.102. The summed E-state index contributed by atoms with van der Waals surface area (Å²) in [5, 5.41) is 3.97. The summed E-state index contributed by atoms with van der Waals surface area (Å²) in [6.45, 7) is 6.34. The fourth-order valence-electron chi connectivity index (χ4n) is 7.69. The molecule has 2 heterocycles. The van der Waals surface area contributed by atoms with Crippen molar-refractivity contribution in [2.75, 3.05) is 0 Å². The number of hydrogen-bond acceptors (Lipinski definition) is 0. The molecule has 2 aromatic heterocycles. The van der Waals surface area contributed by atoms with Gasteiger partial charge in [-0.1, -0.05) is 127 Å². The summed E-state index contributed by atoms with van der Waals surface area (Å²) in [6.07, 6.45) is 13.3. The van der Waals surface area contributed by atoms with Crippen molar-refractivity contribution in [2.45, 2.75) is 33.6 Å². The molecule has 248 valence electrons. The molecule has 0 unspecified atom stereocenters. The molecule has 0 saturated carbocycles. The highest BCUT2D eigenvalue weighted by molar-refractivity contribution is 6.09. The smallest absolute Gasteiger partial charge is 0.0541 e. The third-order valence-electron chi connectivity index (χ3n) is 9.97. The van der Waals surface area contributed by atoms with Crippen molar-refractivity contribution in [1.82, 2.24) is 9.13 Å². The zero-order chi connectivity index (χ0) is 34.7. The Kier molecular flexibility index (Phi) is 8.82. The Morgan fingerprint density at radius 1 is 0.569 bits per heavy atom. The molecule has 0 radical (unpaired) electrons. The summed E-state index contributed by atoms with van der Waals surface area (Å²) < 4.78 is 4.74. The number of nitrogens with zero attached hydrogens (tertiary/aromatic N) is 2. The number of hydrogen-bond donors (Lipinski definition) is 0. The third-order valence-corrected chi connectivity index (χ3v) is 9.97. The molecule has 2 nitrogen and oxygen atoms in total. The lowest BCUT2D eigenvalue weighted by atomic mass is 9.96. The van der Waals surface area contributed by atoms with E-state index in [1.54, 1.807) is 0 Å². The van der Waals surface area contributed by atoms with E-state index < -0.39 is 0 Å². The third kappa shape index (κ3) is 6.04. The van der Waals surface area contributed by atoms with Crippen molar-refractivity contribution in [3.8, 4) is 27.9 Å². The van der Waals surface area contributed by atoms with E-state index in [9.17, 15) is 0 Å². The molecule has 6 aromatic carbocycles. The van der Waals surface area contributed by atoms with Gasteiger partial charge in [0.1, 0.15) is 0 Å². The van der Waals surface area contributed by atoms with Crippen molar-refractivity contribution in [3.05, 3.63) is 187 Å². The van der Waals surface area contributed by atoms with E-state index in [1.165, 1.54) is 83.2 Å². The molecular weight excluding hydrogens is 617 g/mol. The molecule has 9 rings (SSSR count). The first kappa shape index (κ1) is 32.1. The summed E-state index contributed by atoms with van der Waals surface area (Å²) in [5.74, 6) is 0. The van der Waals surface area contributed by atoms with Gasteiger partial charge < -0.3 is 9.13 Å². The van der Waals surface area contributed by atoms with E-state index in [2.05, 4.69) is 206 Å². The second kappa shape index (κ2) is 14.0. The largest absolute Gasteiger partial charge is 0.310 e. The van der Waals surface area contributed by atoms with Gasteiger partial charge in [-0.25, -0.2) is 0 Å². The summed E-state index contributed by atoms with van der Waals surface area (Å²) in [4.78, 5) is 0. The van der Waals surface area contributed by atoms with Crippen LogP contribution in [0.4, 0.5) is 0 Å². The molecule has 0 amide bonds. The molecule has 0 atom stereocenters. The van der Waals surface area contributed by atoms with E-state index in [1.807, 2.05) is 0 Å². The van der Waals surface area contributed by atoms with Crippen molar-refractivity contribution in [2.24, 2.45) is 0 Å². The average molecular weight is 659 g/mol. The van der Waals surface area contributed by atoms with Crippen LogP contribution in [0.2, 0.25) is 0 Å². The maximum absolute atomic E-state index is 2.38. The van der Waals surface area contributed by atoms with Gasteiger partial charge in [-0.2, -0.15) is 0 Å². The van der Waals surface area contributed by atoms with Crippen molar-refractivity contribution >= 4 is 44.5 Å². The van der Waals surface area contributed by atoms with E-state index >= 15 is 0 Å². The Morgan fingerprint density at radius 2 is 1.14 bits per heavy atom. The minimum atomic E-state index is 1.15. The molecule has 0 N–H and O–H groups in total. The number of aryl methyl sites for hydroxylation is 2. The Morgan fingerprint density at radius 3 is 1.76 bits per heavy atom. The van der Waals surface area contributed by atoms with E-state index in [-0.39, 0.29) is 0 Å². The Bertz CT molecular complexity index is 2530. The van der Waals surface area contributed by atoms with Gasteiger partial charge in [-0.05, 0) is 116 Å². The molecule has 0 spiro atoms. The van der Waals surface area contributed by atoms with Crippen LogP contribution in [-0.4, -0.2) is 9.13 Å². The van der Waals surface area contributed by atoms with Gasteiger partial charge in [0, 0.05) is 33.2 Å². The van der Waals surface area contributed by atoms with Crippen LogP contribution in [-0.2, 0) is 6.42 Å². The van der Waals surface area contributed by atoms with Crippen molar-refractivity contribution in [3.63, 3.8) is 0 Å². The molecule has 8 aromatic rings. The van der Waals surface area contributed by atoms with E-state index in [4.69, 9.17) is 0 Å². The number of rotatable bonds is 5. The van der Waals surface area contributed by atoms with Crippen LogP contribution in [0.1, 0.15) is 37.1 Å². The number of benzene rings is 6. The number of aromatic nitrogens is 2. The molecular formula is C49H42N2. The maximum Gasteiger partial charge on any atom is 0.0541 e. The van der Waals surface area contributed by atoms with Gasteiger partial charge in [-0.3, -0.25) is 0 Å². The Hall–Kier alpha value is -6.12. The molecule has 0 aliphatic heterocycles. The van der Waals surface area contributed by atoms with Gasteiger partial charge in [-0.15, -0.1) is 0 Å². The fourth-order valence-corrected chi connectivity index (χ4v) is 7.69. The molecule has 2 heteroatoms. The monoisotopic (exact) mass is 658 g/mol. The summed E-state index contributed by atoms with van der Waals surface area (Å²) in [7, 11) is 0. The molecule has 0 saturated heterocycles. The number of fused-ring (bicyclic) bond motifs is 6. The zero-order valence-corrected chi connectivity index (χ0v) is 29.6. The minimum absolute atomic E-state index is 1.15. The van der Waals surface area contributed by atoms with Gasteiger partial charge in [0.25, 0.3) is 0 Å². The lowest BCUT2D eigenvalue weighted by Crippen LogP contribution is -2.00. The Labute approximate surface area is 300 Å². The normalized spacial score (nSPS) is 12.8.